The Morgan fingerprint density at radius 3 is 2.37 bits per heavy atom. The first-order chi connectivity index (χ1) is 9.02. The van der Waals surface area contributed by atoms with Gasteiger partial charge in [0.05, 0.1) is 5.60 Å². The van der Waals surface area contributed by atoms with Crippen molar-refractivity contribution in [3.63, 3.8) is 0 Å². The Balaban J connectivity index is 2.03. The summed E-state index contributed by atoms with van der Waals surface area (Å²) < 4.78 is 0. The van der Waals surface area contributed by atoms with Gasteiger partial charge in [-0.3, -0.25) is 0 Å². The van der Waals surface area contributed by atoms with Crippen LogP contribution in [0.3, 0.4) is 0 Å². The minimum absolute atomic E-state index is 0.441. The molecule has 0 aliphatic heterocycles. The molecule has 1 heterocycles. The quantitative estimate of drug-likeness (QED) is 0.836. The fraction of sp³-hybridized carbons (Fsp3) is 0.714. The Labute approximate surface area is 119 Å². The molecule has 1 aliphatic rings. The van der Waals surface area contributed by atoms with Crippen LogP contribution in [0.5, 0.6) is 0 Å². The van der Waals surface area contributed by atoms with Crippen molar-refractivity contribution < 1.29 is 5.11 Å². The van der Waals surface area contributed by atoms with E-state index in [0.717, 1.165) is 42.6 Å². The van der Waals surface area contributed by atoms with Crippen molar-refractivity contribution in [3.05, 3.63) is 16.3 Å². The molecule has 0 amide bonds. The Morgan fingerprint density at radius 2 is 1.74 bits per heavy atom. The number of rotatable bonds is 3. The van der Waals surface area contributed by atoms with E-state index < -0.39 is 5.60 Å². The largest absolute Gasteiger partial charge is 0.388 e. The van der Waals surface area contributed by atoms with Gasteiger partial charge in [0.2, 0.25) is 0 Å². The third-order valence-electron chi connectivity index (χ3n) is 4.08. The number of halogens is 1. The average Bonchev–Trinajstić information content (AvgIpc) is 2.61. The molecule has 4 nitrogen and oxygen atoms in total. The van der Waals surface area contributed by atoms with Crippen LogP contribution in [0.1, 0.15) is 49.7 Å². The first-order valence-corrected chi connectivity index (χ1v) is 7.35. The smallest absolute Gasteiger partial charge is 0.155 e. The molecule has 0 radical (unpaired) electrons. The van der Waals surface area contributed by atoms with E-state index in [9.17, 15) is 5.11 Å². The van der Waals surface area contributed by atoms with Crippen LogP contribution in [-0.4, -0.2) is 27.4 Å². The van der Waals surface area contributed by atoms with Crippen LogP contribution in [0.2, 0.25) is 5.15 Å². The standard InChI is InChI=1S/C14H22ClN3O/c1-10-11(2)13(18-17-12(10)15)16-9-14(19)7-5-3-4-6-8-14/h19H,3-9H2,1-2H3,(H,16,18). The number of nitrogens with one attached hydrogen (secondary N) is 1. The highest BCUT2D eigenvalue weighted by Crippen LogP contribution is 2.28. The van der Waals surface area contributed by atoms with E-state index in [4.69, 9.17) is 11.6 Å². The molecule has 0 atom stereocenters. The third kappa shape index (κ3) is 3.57. The molecule has 0 aromatic carbocycles. The van der Waals surface area contributed by atoms with Crippen molar-refractivity contribution in [2.75, 3.05) is 11.9 Å². The summed E-state index contributed by atoms with van der Waals surface area (Å²) in [5.74, 6) is 0.722. The molecular weight excluding hydrogens is 262 g/mol. The van der Waals surface area contributed by atoms with Gasteiger partial charge in [0, 0.05) is 6.54 Å². The summed E-state index contributed by atoms with van der Waals surface area (Å²) in [6.45, 7) is 4.43. The number of hydrogen-bond acceptors (Lipinski definition) is 4. The van der Waals surface area contributed by atoms with Gasteiger partial charge < -0.3 is 10.4 Å². The molecule has 1 saturated carbocycles. The number of aliphatic hydroxyl groups is 1. The second-order valence-corrected chi connectivity index (χ2v) is 5.94. The first kappa shape index (κ1) is 14.5. The van der Waals surface area contributed by atoms with Crippen LogP contribution < -0.4 is 5.32 Å². The van der Waals surface area contributed by atoms with Crippen LogP contribution in [0, 0.1) is 13.8 Å². The normalized spacial score (nSPS) is 18.9. The van der Waals surface area contributed by atoms with Crippen molar-refractivity contribution in [1.82, 2.24) is 10.2 Å². The highest BCUT2D eigenvalue weighted by atomic mass is 35.5. The lowest BCUT2D eigenvalue weighted by Crippen LogP contribution is -2.36. The Morgan fingerprint density at radius 1 is 1.11 bits per heavy atom. The average molecular weight is 284 g/mol. The maximum Gasteiger partial charge on any atom is 0.155 e. The lowest BCUT2D eigenvalue weighted by Gasteiger charge is -2.27. The summed E-state index contributed by atoms with van der Waals surface area (Å²) in [5, 5.41) is 22.3. The van der Waals surface area contributed by atoms with Crippen molar-refractivity contribution in [1.29, 1.82) is 0 Å². The number of hydrogen-bond donors (Lipinski definition) is 2. The van der Waals surface area contributed by atoms with Crippen molar-refractivity contribution in [2.45, 2.75) is 58.0 Å². The number of aromatic nitrogens is 2. The molecule has 0 bridgehead atoms. The van der Waals surface area contributed by atoms with E-state index in [-0.39, 0.29) is 0 Å². The Hall–Kier alpha value is -0.870. The molecule has 2 rings (SSSR count). The highest BCUT2D eigenvalue weighted by Gasteiger charge is 2.28. The van der Waals surface area contributed by atoms with Gasteiger partial charge in [0.25, 0.3) is 0 Å². The maximum atomic E-state index is 10.6. The SMILES string of the molecule is Cc1c(Cl)nnc(NCC2(O)CCCCCC2)c1C. The van der Waals surface area contributed by atoms with E-state index >= 15 is 0 Å². The van der Waals surface area contributed by atoms with E-state index in [0.29, 0.717) is 11.7 Å². The van der Waals surface area contributed by atoms with Gasteiger partial charge in [-0.25, -0.2) is 0 Å². The fourth-order valence-corrected chi connectivity index (χ4v) is 2.74. The topological polar surface area (TPSA) is 58.0 Å². The fourth-order valence-electron chi connectivity index (χ4n) is 2.56. The van der Waals surface area contributed by atoms with E-state index in [2.05, 4.69) is 15.5 Å². The van der Waals surface area contributed by atoms with E-state index in [1.807, 2.05) is 13.8 Å². The zero-order valence-corrected chi connectivity index (χ0v) is 12.4. The predicted molar refractivity (Wildman–Crippen MR) is 77.7 cm³/mol. The second kappa shape index (κ2) is 6.06. The van der Waals surface area contributed by atoms with Gasteiger partial charge in [-0.15, -0.1) is 10.2 Å². The minimum Gasteiger partial charge on any atom is -0.388 e. The van der Waals surface area contributed by atoms with Gasteiger partial charge in [-0.2, -0.15) is 0 Å². The summed E-state index contributed by atoms with van der Waals surface area (Å²) in [6, 6.07) is 0. The lowest BCUT2D eigenvalue weighted by atomic mass is 9.94. The Bertz CT molecular complexity index is 443. The molecule has 1 fully saturated rings. The first-order valence-electron chi connectivity index (χ1n) is 6.97. The molecule has 1 aromatic rings. The zero-order chi connectivity index (χ0) is 13.9. The van der Waals surface area contributed by atoms with E-state index in [1.54, 1.807) is 0 Å². The predicted octanol–water partition coefficient (Wildman–Crippen LogP) is 3.24. The summed E-state index contributed by atoms with van der Waals surface area (Å²) in [7, 11) is 0. The molecule has 2 N–H and O–H groups in total. The molecule has 106 valence electrons. The van der Waals surface area contributed by atoms with Gasteiger partial charge in [-0.05, 0) is 37.8 Å². The van der Waals surface area contributed by atoms with Gasteiger partial charge in [-0.1, -0.05) is 37.3 Å². The summed E-state index contributed by atoms with van der Waals surface area (Å²) in [5.41, 5.74) is 1.32. The molecule has 1 aromatic heterocycles. The van der Waals surface area contributed by atoms with Crippen LogP contribution in [0.4, 0.5) is 5.82 Å². The monoisotopic (exact) mass is 283 g/mol. The van der Waals surface area contributed by atoms with Crippen molar-refractivity contribution in [3.8, 4) is 0 Å². The Kier molecular flexibility index (Phi) is 4.63. The van der Waals surface area contributed by atoms with Gasteiger partial charge >= 0.3 is 0 Å². The number of nitrogens with zero attached hydrogens (tertiary/aromatic N) is 2. The summed E-state index contributed by atoms with van der Waals surface area (Å²) in [4.78, 5) is 0. The molecular formula is C14H22ClN3O. The molecule has 1 aliphatic carbocycles. The lowest BCUT2D eigenvalue weighted by molar-refractivity contribution is 0.0380. The van der Waals surface area contributed by atoms with Crippen LogP contribution >= 0.6 is 11.6 Å². The molecule has 0 unspecified atom stereocenters. The minimum atomic E-state index is -0.613. The van der Waals surface area contributed by atoms with Crippen LogP contribution in [0.25, 0.3) is 0 Å². The summed E-state index contributed by atoms with van der Waals surface area (Å²) >= 11 is 5.93. The summed E-state index contributed by atoms with van der Waals surface area (Å²) in [6.07, 6.45) is 6.37. The van der Waals surface area contributed by atoms with Gasteiger partial charge in [0.1, 0.15) is 0 Å². The van der Waals surface area contributed by atoms with Crippen LogP contribution in [-0.2, 0) is 0 Å². The highest BCUT2D eigenvalue weighted by molar-refractivity contribution is 6.30. The molecule has 0 spiro atoms. The molecule has 5 heteroatoms. The molecule has 19 heavy (non-hydrogen) atoms. The van der Waals surface area contributed by atoms with Gasteiger partial charge in [0.15, 0.2) is 11.0 Å². The third-order valence-corrected chi connectivity index (χ3v) is 4.44. The second-order valence-electron chi connectivity index (χ2n) is 5.58. The van der Waals surface area contributed by atoms with Crippen LogP contribution in [0.15, 0.2) is 0 Å². The molecule has 0 saturated heterocycles. The zero-order valence-electron chi connectivity index (χ0n) is 11.7. The van der Waals surface area contributed by atoms with Crippen molar-refractivity contribution >= 4 is 17.4 Å². The maximum absolute atomic E-state index is 10.6. The number of anilines is 1. The van der Waals surface area contributed by atoms with E-state index in [1.165, 1.54) is 12.8 Å². The van der Waals surface area contributed by atoms with Crippen molar-refractivity contribution in [2.24, 2.45) is 0 Å².